The van der Waals surface area contributed by atoms with Crippen LogP contribution in [0.15, 0.2) is 72.2 Å². The molecule has 0 aliphatic carbocycles. The second kappa shape index (κ2) is 6.98. The molecule has 128 valence electrons. The Hall–Kier alpha value is -3.18. The molecular formula is C21H16N2O2S. The van der Waals surface area contributed by atoms with E-state index in [1.54, 1.807) is 29.7 Å². The average molecular weight is 360 g/mol. The molecule has 1 N–H and O–H groups in total. The fraction of sp³-hybridized carbons (Fsp3) is 0.0476. The average Bonchev–Trinajstić information content (AvgIpc) is 3.23. The van der Waals surface area contributed by atoms with E-state index in [-0.39, 0.29) is 5.75 Å². The number of methoxy groups -OCH3 is 1. The predicted molar refractivity (Wildman–Crippen MR) is 104 cm³/mol. The van der Waals surface area contributed by atoms with Gasteiger partial charge in [-0.2, -0.15) is 0 Å². The smallest absolute Gasteiger partial charge is 0.161 e. The molecule has 0 spiro atoms. The summed E-state index contributed by atoms with van der Waals surface area (Å²) in [6.45, 7) is 0. The highest BCUT2D eigenvalue weighted by Crippen LogP contribution is 2.35. The van der Waals surface area contributed by atoms with Gasteiger partial charge in [0.2, 0.25) is 0 Å². The highest BCUT2D eigenvalue weighted by molar-refractivity contribution is 7.13. The van der Waals surface area contributed by atoms with E-state index in [9.17, 15) is 5.11 Å². The predicted octanol–water partition coefficient (Wildman–Crippen LogP) is 5.25. The fourth-order valence-corrected chi connectivity index (χ4v) is 3.46. The van der Waals surface area contributed by atoms with Crippen molar-refractivity contribution in [2.45, 2.75) is 0 Å². The molecule has 4 nitrogen and oxygen atoms in total. The molecule has 26 heavy (non-hydrogen) atoms. The van der Waals surface area contributed by atoms with Gasteiger partial charge in [0.05, 0.1) is 24.2 Å². The highest BCUT2D eigenvalue weighted by atomic mass is 32.1. The fourth-order valence-electron chi connectivity index (χ4n) is 2.75. The summed E-state index contributed by atoms with van der Waals surface area (Å²) in [5.41, 5.74) is 4.37. The summed E-state index contributed by atoms with van der Waals surface area (Å²) in [7, 11) is 1.54. The minimum absolute atomic E-state index is 0.107. The van der Waals surface area contributed by atoms with Crippen LogP contribution in [0.25, 0.3) is 33.1 Å². The molecule has 1 aromatic carbocycles. The van der Waals surface area contributed by atoms with Crippen LogP contribution < -0.4 is 4.74 Å². The van der Waals surface area contributed by atoms with Gasteiger partial charge in [0.1, 0.15) is 0 Å². The van der Waals surface area contributed by atoms with E-state index in [0.29, 0.717) is 5.75 Å². The molecule has 0 radical (unpaired) electrons. The van der Waals surface area contributed by atoms with Gasteiger partial charge in [0, 0.05) is 16.6 Å². The number of pyridine rings is 2. The Labute approximate surface area is 155 Å². The van der Waals surface area contributed by atoms with Gasteiger partial charge in [0.15, 0.2) is 11.5 Å². The van der Waals surface area contributed by atoms with E-state index in [1.165, 1.54) is 7.11 Å². The summed E-state index contributed by atoms with van der Waals surface area (Å²) in [6, 6.07) is 19.2. The number of rotatable bonds is 4. The number of benzene rings is 1. The number of hydrogen-bond donors (Lipinski definition) is 1. The van der Waals surface area contributed by atoms with Crippen LogP contribution >= 0.6 is 11.3 Å². The molecule has 4 aromatic rings. The van der Waals surface area contributed by atoms with Crippen LogP contribution in [0.2, 0.25) is 0 Å². The first-order chi connectivity index (χ1) is 12.7. The maximum atomic E-state index is 9.87. The molecule has 3 heterocycles. The Bertz CT molecular complexity index is 1030. The quantitative estimate of drug-likeness (QED) is 0.540. The van der Waals surface area contributed by atoms with E-state index >= 15 is 0 Å². The first-order valence-electron chi connectivity index (χ1n) is 8.09. The lowest BCUT2D eigenvalue weighted by atomic mass is 10.1. The van der Waals surface area contributed by atoms with E-state index in [2.05, 4.69) is 22.5 Å². The van der Waals surface area contributed by atoms with Gasteiger partial charge in [-0.1, -0.05) is 12.1 Å². The van der Waals surface area contributed by atoms with Gasteiger partial charge < -0.3 is 9.84 Å². The number of nitrogens with zero attached hydrogens (tertiary/aromatic N) is 2. The molecule has 0 amide bonds. The number of aromatic nitrogens is 2. The zero-order valence-electron chi connectivity index (χ0n) is 14.1. The Kier molecular flexibility index (Phi) is 4.37. The summed E-state index contributed by atoms with van der Waals surface area (Å²) >= 11 is 1.68. The van der Waals surface area contributed by atoms with E-state index in [4.69, 9.17) is 9.72 Å². The van der Waals surface area contributed by atoms with Crippen LogP contribution in [0.3, 0.4) is 0 Å². The van der Waals surface area contributed by atoms with Gasteiger partial charge in [0.25, 0.3) is 0 Å². The molecular weight excluding hydrogens is 344 g/mol. The van der Waals surface area contributed by atoms with Crippen molar-refractivity contribution in [1.82, 2.24) is 9.97 Å². The van der Waals surface area contributed by atoms with Crippen LogP contribution in [0.1, 0.15) is 0 Å². The third kappa shape index (κ3) is 3.17. The largest absolute Gasteiger partial charge is 0.504 e. The normalized spacial score (nSPS) is 10.7. The first kappa shape index (κ1) is 16.3. The van der Waals surface area contributed by atoms with Crippen molar-refractivity contribution in [3.8, 4) is 44.6 Å². The minimum Gasteiger partial charge on any atom is -0.504 e. The van der Waals surface area contributed by atoms with E-state index < -0.39 is 0 Å². The van der Waals surface area contributed by atoms with Crippen molar-refractivity contribution in [1.29, 1.82) is 0 Å². The van der Waals surface area contributed by atoms with Gasteiger partial charge in [-0.05, 0) is 59.5 Å². The molecule has 0 fully saturated rings. The minimum atomic E-state index is 0.107. The van der Waals surface area contributed by atoms with Gasteiger partial charge in [-0.3, -0.25) is 4.98 Å². The second-order valence-electron chi connectivity index (χ2n) is 5.71. The third-order valence-corrected chi connectivity index (χ3v) is 4.95. The number of ether oxygens (including phenoxy) is 1. The van der Waals surface area contributed by atoms with Crippen LogP contribution in [0, 0.1) is 0 Å². The maximum absolute atomic E-state index is 9.87. The number of phenols is 1. The molecule has 0 saturated heterocycles. The monoisotopic (exact) mass is 360 g/mol. The van der Waals surface area contributed by atoms with Gasteiger partial charge >= 0.3 is 0 Å². The van der Waals surface area contributed by atoms with Crippen molar-refractivity contribution in [2.24, 2.45) is 0 Å². The summed E-state index contributed by atoms with van der Waals surface area (Å²) in [6.07, 6.45) is 1.76. The van der Waals surface area contributed by atoms with Crippen molar-refractivity contribution in [3.63, 3.8) is 0 Å². The standard InChI is InChI=1S/C21H16N2O2S/c1-25-20-13-14(7-8-19(20)24)17-11-15(21-6-4-10-26-21)12-18(23-17)16-5-2-3-9-22-16/h2-13,24H,1H3. The molecule has 0 aliphatic rings. The highest BCUT2D eigenvalue weighted by Gasteiger charge is 2.12. The first-order valence-corrected chi connectivity index (χ1v) is 8.97. The van der Waals surface area contributed by atoms with Crippen molar-refractivity contribution in [3.05, 3.63) is 72.2 Å². The Morgan fingerprint density at radius 2 is 1.77 bits per heavy atom. The number of thiophene rings is 1. The molecule has 0 atom stereocenters. The second-order valence-corrected chi connectivity index (χ2v) is 6.65. The topological polar surface area (TPSA) is 55.2 Å². The van der Waals surface area contributed by atoms with Crippen LogP contribution in [0.4, 0.5) is 0 Å². The Balaban J connectivity index is 1.90. The summed E-state index contributed by atoms with van der Waals surface area (Å²) in [4.78, 5) is 10.4. The molecule has 0 bridgehead atoms. The lowest BCUT2D eigenvalue weighted by Gasteiger charge is -2.10. The Morgan fingerprint density at radius 3 is 2.50 bits per heavy atom. The van der Waals surface area contributed by atoms with Gasteiger partial charge in [-0.15, -0.1) is 11.3 Å². The van der Waals surface area contributed by atoms with Gasteiger partial charge in [-0.25, -0.2) is 4.98 Å². The SMILES string of the molecule is COc1cc(-c2cc(-c3cccs3)cc(-c3ccccn3)n2)ccc1O. The number of hydrogen-bond acceptors (Lipinski definition) is 5. The van der Waals surface area contributed by atoms with Crippen molar-refractivity contribution in [2.75, 3.05) is 7.11 Å². The van der Waals surface area contributed by atoms with E-state index in [0.717, 1.165) is 33.1 Å². The summed E-state index contributed by atoms with van der Waals surface area (Å²) in [5.74, 6) is 0.529. The lowest BCUT2D eigenvalue weighted by Crippen LogP contribution is -1.93. The van der Waals surface area contributed by atoms with Crippen molar-refractivity contribution >= 4 is 11.3 Å². The lowest BCUT2D eigenvalue weighted by molar-refractivity contribution is 0.373. The summed E-state index contributed by atoms with van der Waals surface area (Å²) in [5, 5.41) is 11.9. The number of aromatic hydroxyl groups is 1. The zero-order chi connectivity index (χ0) is 17.9. The molecule has 0 unspecified atom stereocenters. The molecule has 0 aliphatic heterocycles. The van der Waals surface area contributed by atoms with Crippen LogP contribution in [-0.2, 0) is 0 Å². The van der Waals surface area contributed by atoms with Crippen molar-refractivity contribution < 1.29 is 9.84 Å². The summed E-state index contributed by atoms with van der Waals surface area (Å²) < 4.78 is 5.24. The third-order valence-electron chi connectivity index (χ3n) is 4.03. The molecule has 0 saturated carbocycles. The van der Waals surface area contributed by atoms with Crippen LogP contribution in [-0.4, -0.2) is 22.2 Å². The zero-order valence-corrected chi connectivity index (χ0v) is 14.9. The molecule has 5 heteroatoms. The molecule has 4 rings (SSSR count). The number of phenolic OH excluding ortho intramolecular Hbond substituents is 1. The molecule has 3 aromatic heterocycles. The van der Waals surface area contributed by atoms with E-state index in [1.807, 2.05) is 36.4 Å². The van der Waals surface area contributed by atoms with Crippen LogP contribution in [0.5, 0.6) is 11.5 Å². The maximum Gasteiger partial charge on any atom is 0.161 e. The Morgan fingerprint density at radius 1 is 0.885 bits per heavy atom.